The Hall–Kier alpha value is -2.63. The van der Waals surface area contributed by atoms with E-state index < -0.39 is 11.7 Å². The number of carbonyl (C=O) groups excluding carboxylic acids is 1. The Balaban J connectivity index is 1.44. The van der Waals surface area contributed by atoms with E-state index in [2.05, 4.69) is 12.1 Å². The first-order chi connectivity index (χ1) is 16.7. The van der Waals surface area contributed by atoms with Gasteiger partial charge in [-0.25, -0.2) is 0 Å². The van der Waals surface area contributed by atoms with Crippen molar-refractivity contribution in [2.24, 2.45) is 22.9 Å². The Kier molecular flexibility index (Phi) is 7.67. The van der Waals surface area contributed by atoms with Gasteiger partial charge in [0.15, 0.2) is 0 Å². The van der Waals surface area contributed by atoms with E-state index in [0.717, 1.165) is 54.9 Å². The lowest BCUT2D eigenvalue weighted by atomic mass is 9.75. The Morgan fingerprint density at radius 1 is 1.11 bits per heavy atom. The molecule has 0 aromatic heterocycles. The monoisotopic (exact) mass is 485 g/mol. The first kappa shape index (κ1) is 25.5. The number of aldehydes is 1. The minimum atomic E-state index is -4.40. The van der Waals surface area contributed by atoms with Crippen LogP contribution in [0.1, 0.15) is 97.0 Å². The number of oxime groups is 1. The lowest BCUT2D eigenvalue weighted by molar-refractivity contribution is -0.138. The number of carbonyl (C=O) groups is 1. The number of hydrogen-bond acceptors (Lipinski definition) is 3. The molecule has 0 heterocycles. The van der Waals surface area contributed by atoms with Gasteiger partial charge in [0.25, 0.3) is 0 Å². The number of benzene rings is 2. The maximum Gasteiger partial charge on any atom is 0.416 e. The van der Waals surface area contributed by atoms with Crippen LogP contribution in [0.15, 0.2) is 41.6 Å². The van der Waals surface area contributed by atoms with Crippen molar-refractivity contribution in [3.8, 4) is 0 Å². The first-order valence-corrected chi connectivity index (χ1v) is 12.7. The van der Waals surface area contributed by atoms with Gasteiger partial charge in [-0.2, -0.15) is 13.2 Å². The molecule has 4 rings (SSSR count). The van der Waals surface area contributed by atoms with Crippen LogP contribution in [0.2, 0.25) is 0 Å². The van der Waals surface area contributed by atoms with Crippen LogP contribution in [0.5, 0.6) is 0 Å². The quantitative estimate of drug-likeness (QED) is 0.216. The van der Waals surface area contributed by atoms with Crippen molar-refractivity contribution in [2.75, 3.05) is 0 Å². The fourth-order valence-corrected chi connectivity index (χ4v) is 5.67. The van der Waals surface area contributed by atoms with Gasteiger partial charge in [-0.3, -0.25) is 4.79 Å². The van der Waals surface area contributed by atoms with Crippen molar-refractivity contribution in [3.63, 3.8) is 0 Å². The van der Waals surface area contributed by atoms with Gasteiger partial charge in [-0.1, -0.05) is 43.3 Å². The molecule has 2 aliphatic rings. The standard InChI is InChI=1S/C29H34F3NO2/c1-4-21-15-24(10-11-25(21)16-34)19(3)33-35-17-20-5-12-26(28(14-20)29(30,31)32)22-6-8-23(9-7-22)27-13-18(27)2/h5,10-12,14-16,18,22-23,27H,4,6-9,13,17H2,1-3H3/b33-19+/t18?,22?,23?,27-/m0/s1. The fraction of sp³-hybridized carbons (Fsp3) is 0.517. The molecule has 0 spiro atoms. The molecule has 1 unspecified atom stereocenters. The van der Waals surface area contributed by atoms with Gasteiger partial charge in [-0.15, -0.1) is 0 Å². The Labute approximate surface area is 205 Å². The Morgan fingerprint density at radius 3 is 2.43 bits per heavy atom. The number of alkyl halides is 3. The van der Waals surface area contributed by atoms with Crippen molar-refractivity contribution in [2.45, 2.75) is 78.0 Å². The molecular formula is C29H34F3NO2. The summed E-state index contributed by atoms with van der Waals surface area (Å²) in [4.78, 5) is 16.6. The summed E-state index contributed by atoms with van der Waals surface area (Å²) in [6.45, 7) is 5.98. The van der Waals surface area contributed by atoms with Crippen LogP contribution in [0.25, 0.3) is 0 Å². The molecule has 0 saturated heterocycles. The minimum Gasteiger partial charge on any atom is -0.391 e. The van der Waals surface area contributed by atoms with E-state index in [-0.39, 0.29) is 12.5 Å². The second kappa shape index (κ2) is 10.5. The van der Waals surface area contributed by atoms with Crippen LogP contribution in [0.3, 0.4) is 0 Å². The van der Waals surface area contributed by atoms with Gasteiger partial charge in [0.05, 0.1) is 11.3 Å². The molecule has 2 aromatic rings. The van der Waals surface area contributed by atoms with E-state index in [1.165, 1.54) is 12.5 Å². The topological polar surface area (TPSA) is 38.7 Å². The number of rotatable bonds is 8. The highest BCUT2D eigenvalue weighted by atomic mass is 19.4. The zero-order valence-electron chi connectivity index (χ0n) is 20.7. The van der Waals surface area contributed by atoms with Crippen LogP contribution >= 0.6 is 0 Å². The summed E-state index contributed by atoms with van der Waals surface area (Å²) >= 11 is 0. The maximum absolute atomic E-state index is 14.0. The van der Waals surface area contributed by atoms with Crippen molar-refractivity contribution in [3.05, 3.63) is 69.8 Å². The summed E-state index contributed by atoms with van der Waals surface area (Å²) in [6, 6.07) is 10.0. The molecule has 35 heavy (non-hydrogen) atoms. The average molecular weight is 486 g/mol. The molecule has 188 valence electrons. The fourth-order valence-electron chi connectivity index (χ4n) is 5.67. The molecule has 2 aromatic carbocycles. The second-order valence-corrected chi connectivity index (χ2v) is 10.2. The van der Waals surface area contributed by atoms with Crippen LogP contribution in [0, 0.1) is 17.8 Å². The zero-order chi connectivity index (χ0) is 25.2. The molecule has 0 amide bonds. The van der Waals surface area contributed by atoms with Crippen LogP contribution in [-0.4, -0.2) is 12.0 Å². The third-order valence-corrected chi connectivity index (χ3v) is 7.91. The molecule has 0 aliphatic heterocycles. The lowest BCUT2D eigenvalue weighted by Gasteiger charge is -2.30. The van der Waals surface area contributed by atoms with Crippen molar-refractivity contribution in [1.29, 1.82) is 0 Å². The van der Waals surface area contributed by atoms with Crippen molar-refractivity contribution in [1.82, 2.24) is 0 Å². The van der Waals surface area contributed by atoms with Gasteiger partial charge in [0.1, 0.15) is 12.9 Å². The summed E-state index contributed by atoms with van der Waals surface area (Å²) in [5.41, 5.74) is 3.30. The lowest BCUT2D eigenvalue weighted by Crippen LogP contribution is -2.19. The SMILES string of the molecule is CCc1cc(/C(C)=N/OCc2ccc(C3CCC([C@H]4CC4C)CC3)c(C(F)(F)F)c2)ccc1C=O. The first-order valence-electron chi connectivity index (χ1n) is 12.7. The number of aryl methyl sites for hydroxylation is 1. The van der Waals surface area contributed by atoms with Gasteiger partial charge >= 0.3 is 6.18 Å². The predicted molar refractivity (Wildman–Crippen MR) is 132 cm³/mol. The predicted octanol–water partition coefficient (Wildman–Crippen LogP) is 7.95. The zero-order valence-corrected chi connectivity index (χ0v) is 20.7. The molecular weight excluding hydrogens is 451 g/mol. The Morgan fingerprint density at radius 2 is 1.83 bits per heavy atom. The molecule has 3 nitrogen and oxygen atoms in total. The molecule has 2 saturated carbocycles. The highest BCUT2D eigenvalue weighted by Gasteiger charge is 2.42. The van der Waals surface area contributed by atoms with Crippen LogP contribution < -0.4 is 0 Å². The largest absolute Gasteiger partial charge is 0.416 e. The molecule has 0 radical (unpaired) electrons. The molecule has 2 atom stereocenters. The smallest absolute Gasteiger partial charge is 0.391 e. The molecule has 0 bridgehead atoms. The van der Waals surface area contributed by atoms with Gasteiger partial charge < -0.3 is 4.84 Å². The number of halogens is 3. The van der Waals surface area contributed by atoms with E-state index in [1.54, 1.807) is 31.2 Å². The molecule has 2 aliphatic carbocycles. The highest BCUT2D eigenvalue weighted by Crippen LogP contribution is 2.51. The normalized spacial score (nSPS) is 24.8. The van der Waals surface area contributed by atoms with Crippen LogP contribution in [0.4, 0.5) is 13.2 Å². The highest BCUT2D eigenvalue weighted by molar-refractivity contribution is 5.99. The maximum atomic E-state index is 14.0. The third kappa shape index (κ3) is 5.96. The third-order valence-electron chi connectivity index (χ3n) is 7.91. The minimum absolute atomic E-state index is 0.0331. The van der Waals surface area contributed by atoms with Gasteiger partial charge in [0.2, 0.25) is 0 Å². The van der Waals surface area contributed by atoms with E-state index in [4.69, 9.17) is 4.84 Å². The molecule has 0 N–H and O–H groups in total. The Bertz CT molecular complexity index is 1080. The van der Waals surface area contributed by atoms with Gasteiger partial charge in [-0.05, 0) is 104 Å². The molecule has 2 fully saturated rings. The van der Waals surface area contributed by atoms with Crippen molar-refractivity contribution < 1.29 is 22.8 Å². The summed E-state index contributed by atoms with van der Waals surface area (Å²) in [5.74, 6) is 2.23. The van der Waals surface area contributed by atoms with Crippen LogP contribution in [-0.2, 0) is 24.0 Å². The summed E-state index contributed by atoms with van der Waals surface area (Å²) in [6.07, 6.45) is 2.15. The van der Waals surface area contributed by atoms with E-state index in [1.807, 2.05) is 13.0 Å². The molecule has 6 heteroatoms. The average Bonchev–Trinajstić information content (AvgIpc) is 3.59. The summed E-state index contributed by atoms with van der Waals surface area (Å²) in [7, 11) is 0. The summed E-state index contributed by atoms with van der Waals surface area (Å²) < 4.78 is 41.9. The van der Waals surface area contributed by atoms with E-state index >= 15 is 0 Å². The summed E-state index contributed by atoms with van der Waals surface area (Å²) in [5, 5.41) is 4.11. The van der Waals surface area contributed by atoms with E-state index in [0.29, 0.717) is 34.7 Å². The second-order valence-electron chi connectivity index (χ2n) is 10.2. The van der Waals surface area contributed by atoms with Gasteiger partial charge in [0, 0.05) is 5.56 Å². The van der Waals surface area contributed by atoms with E-state index in [9.17, 15) is 18.0 Å². The number of hydrogen-bond donors (Lipinski definition) is 0. The van der Waals surface area contributed by atoms with Crippen molar-refractivity contribution >= 4 is 12.0 Å². The number of nitrogens with zero attached hydrogens (tertiary/aromatic N) is 1.